The third-order valence-electron chi connectivity index (χ3n) is 4.95. The van der Waals surface area contributed by atoms with Gasteiger partial charge in [0.2, 0.25) is 23.6 Å². The number of nitrogens with zero attached hydrogens (tertiary/aromatic N) is 1. The molecule has 0 aromatic heterocycles. The first-order valence-corrected chi connectivity index (χ1v) is 9.92. The average molecular weight is 459 g/mol. The zero-order valence-corrected chi connectivity index (χ0v) is 17.5. The second-order valence-electron chi connectivity index (χ2n) is 7.52. The minimum atomic E-state index is -1.65. The van der Waals surface area contributed by atoms with Gasteiger partial charge in [0, 0.05) is 13.0 Å². The maximum Gasteiger partial charge on any atom is 0.326 e. The van der Waals surface area contributed by atoms with Gasteiger partial charge in [0.1, 0.15) is 24.2 Å². The van der Waals surface area contributed by atoms with Crippen molar-refractivity contribution in [3.8, 4) is 0 Å². The minimum absolute atomic E-state index is 0.122. The molecule has 180 valence electrons. The molecule has 14 nitrogen and oxygen atoms in total. The van der Waals surface area contributed by atoms with E-state index in [0.29, 0.717) is 6.42 Å². The number of aliphatic carboxylic acids is 2. The van der Waals surface area contributed by atoms with E-state index in [1.807, 2.05) is 0 Å². The monoisotopic (exact) mass is 459 g/mol. The Bertz CT molecular complexity index is 757. The van der Waals surface area contributed by atoms with E-state index in [2.05, 4.69) is 10.6 Å². The Kier molecular flexibility index (Phi) is 10.00. The van der Waals surface area contributed by atoms with Gasteiger partial charge in [-0.3, -0.25) is 24.0 Å². The molecule has 32 heavy (non-hydrogen) atoms. The lowest BCUT2D eigenvalue weighted by atomic mass is 10.1. The van der Waals surface area contributed by atoms with Crippen molar-refractivity contribution in [2.75, 3.05) is 6.54 Å². The molecule has 0 spiro atoms. The molecular formula is C18H29N5O9. The Morgan fingerprint density at radius 2 is 1.66 bits per heavy atom. The predicted octanol–water partition coefficient (Wildman–Crippen LogP) is -3.52. The van der Waals surface area contributed by atoms with Gasteiger partial charge in [0.05, 0.1) is 12.5 Å². The Morgan fingerprint density at radius 1 is 1.06 bits per heavy atom. The van der Waals surface area contributed by atoms with E-state index in [1.54, 1.807) is 0 Å². The SMILES string of the molecule is CC(O)C(N)C(=O)NC(CC(=O)O)C(=O)NC(CCC(N)=O)C(=O)N1CCCC1C(=O)O. The van der Waals surface area contributed by atoms with E-state index in [9.17, 15) is 39.0 Å². The predicted molar refractivity (Wildman–Crippen MR) is 107 cm³/mol. The van der Waals surface area contributed by atoms with Gasteiger partial charge < -0.3 is 42.3 Å². The Balaban J connectivity index is 3.05. The lowest BCUT2D eigenvalue weighted by Crippen LogP contribution is -2.58. The molecule has 0 radical (unpaired) electrons. The molecule has 0 bridgehead atoms. The fraction of sp³-hybridized carbons (Fsp3) is 0.667. The number of rotatable bonds is 12. The van der Waals surface area contributed by atoms with Crippen molar-refractivity contribution >= 4 is 35.6 Å². The minimum Gasteiger partial charge on any atom is -0.481 e. The number of aliphatic hydroxyl groups excluding tert-OH is 1. The van der Waals surface area contributed by atoms with Crippen LogP contribution in [0.2, 0.25) is 0 Å². The van der Waals surface area contributed by atoms with Gasteiger partial charge in [0.15, 0.2) is 0 Å². The third kappa shape index (κ3) is 7.77. The van der Waals surface area contributed by atoms with Crippen LogP contribution in [0.15, 0.2) is 0 Å². The fourth-order valence-corrected chi connectivity index (χ4v) is 3.17. The van der Waals surface area contributed by atoms with E-state index in [4.69, 9.17) is 16.6 Å². The maximum absolute atomic E-state index is 12.9. The van der Waals surface area contributed by atoms with Crippen LogP contribution in [0.1, 0.15) is 39.0 Å². The van der Waals surface area contributed by atoms with Crippen LogP contribution in [0.4, 0.5) is 0 Å². The molecule has 1 heterocycles. The van der Waals surface area contributed by atoms with Crippen molar-refractivity contribution < 1.29 is 44.1 Å². The third-order valence-corrected chi connectivity index (χ3v) is 4.95. The second-order valence-corrected chi connectivity index (χ2v) is 7.52. The molecule has 1 aliphatic heterocycles. The molecular weight excluding hydrogens is 430 g/mol. The number of carboxylic acids is 2. The van der Waals surface area contributed by atoms with Crippen LogP contribution in [-0.4, -0.2) is 92.6 Å². The number of hydrogen-bond acceptors (Lipinski definition) is 8. The summed E-state index contributed by atoms with van der Waals surface area (Å²) >= 11 is 0. The van der Waals surface area contributed by atoms with Crippen LogP contribution >= 0.6 is 0 Å². The summed E-state index contributed by atoms with van der Waals surface area (Å²) in [5.74, 6) is -6.27. The Labute approximate surface area is 183 Å². The van der Waals surface area contributed by atoms with Crippen molar-refractivity contribution in [3.05, 3.63) is 0 Å². The summed E-state index contributed by atoms with van der Waals surface area (Å²) < 4.78 is 0. The maximum atomic E-state index is 12.9. The first-order chi connectivity index (χ1) is 14.8. The molecule has 4 amide bonds. The summed E-state index contributed by atoms with van der Waals surface area (Å²) in [7, 11) is 0. The molecule has 1 rings (SSSR count). The number of aliphatic hydroxyl groups is 1. The molecule has 0 aliphatic carbocycles. The summed E-state index contributed by atoms with van der Waals surface area (Å²) in [5, 5.41) is 32.2. The fourth-order valence-electron chi connectivity index (χ4n) is 3.17. The highest BCUT2D eigenvalue weighted by Crippen LogP contribution is 2.19. The highest BCUT2D eigenvalue weighted by molar-refractivity contribution is 5.96. The van der Waals surface area contributed by atoms with Gasteiger partial charge in [-0.05, 0) is 26.2 Å². The second kappa shape index (κ2) is 12.0. The summed E-state index contributed by atoms with van der Waals surface area (Å²) in [4.78, 5) is 72.5. The van der Waals surface area contributed by atoms with Crippen LogP contribution in [0.5, 0.6) is 0 Å². The van der Waals surface area contributed by atoms with Crippen LogP contribution in [0.25, 0.3) is 0 Å². The lowest BCUT2D eigenvalue weighted by Gasteiger charge is -2.28. The zero-order chi connectivity index (χ0) is 24.6. The molecule has 1 saturated heterocycles. The number of hydrogen-bond donors (Lipinski definition) is 7. The summed E-state index contributed by atoms with van der Waals surface area (Å²) in [6.45, 7) is 1.35. The first-order valence-electron chi connectivity index (χ1n) is 9.92. The molecule has 0 aromatic carbocycles. The Morgan fingerprint density at radius 3 is 2.16 bits per heavy atom. The number of amides is 4. The van der Waals surface area contributed by atoms with E-state index >= 15 is 0 Å². The molecule has 9 N–H and O–H groups in total. The number of carbonyl (C=O) groups excluding carboxylic acids is 4. The number of primary amides is 1. The molecule has 1 aliphatic rings. The molecule has 5 atom stereocenters. The largest absolute Gasteiger partial charge is 0.481 e. The first kappa shape index (κ1) is 26.8. The van der Waals surface area contributed by atoms with Gasteiger partial charge in [0.25, 0.3) is 0 Å². The van der Waals surface area contributed by atoms with E-state index in [1.165, 1.54) is 6.92 Å². The van der Waals surface area contributed by atoms with Crippen molar-refractivity contribution in [1.82, 2.24) is 15.5 Å². The molecule has 1 fully saturated rings. The number of nitrogens with one attached hydrogen (secondary N) is 2. The number of nitrogens with two attached hydrogens (primary N) is 2. The van der Waals surface area contributed by atoms with Gasteiger partial charge in [-0.25, -0.2) is 4.79 Å². The van der Waals surface area contributed by atoms with Gasteiger partial charge in [-0.1, -0.05) is 0 Å². The van der Waals surface area contributed by atoms with Crippen molar-refractivity contribution in [2.45, 2.75) is 69.3 Å². The Hall–Kier alpha value is -3.26. The van der Waals surface area contributed by atoms with Gasteiger partial charge in [-0.2, -0.15) is 0 Å². The smallest absolute Gasteiger partial charge is 0.326 e. The highest BCUT2D eigenvalue weighted by atomic mass is 16.4. The summed E-state index contributed by atoms with van der Waals surface area (Å²) in [6, 6.07) is -5.57. The van der Waals surface area contributed by atoms with Crippen LogP contribution in [0, 0.1) is 0 Å². The van der Waals surface area contributed by atoms with Crippen molar-refractivity contribution in [1.29, 1.82) is 0 Å². The summed E-state index contributed by atoms with van der Waals surface area (Å²) in [5.41, 5.74) is 10.6. The van der Waals surface area contributed by atoms with E-state index < -0.39 is 72.3 Å². The molecule has 14 heteroatoms. The van der Waals surface area contributed by atoms with Crippen molar-refractivity contribution in [2.24, 2.45) is 11.5 Å². The topological polar surface area (TPSA) is 242 Å². The zero-order valence-electron chi connectivity index (χ0n) is 17.5. The average Bonchev–Trinajstić information content (AvgIpc) is 3.18. The quantitative estimate of drug-likeness (QED) is 0.152. The van der Waals surface area contributed by atoms with Gasteiger partial charge in [-0.15, -0.1) is 0 Å². The number of carboxylic acid groups (broad SMARTS) is 2. The number of likely N-dealkylation sites (tertiary alicyclic amines) is 1. The van der Waals surface area contributed by atoms with Crippen LogP contribution in [-0.2, 0) is 28.8 Å². The van der Waals surface area contributed by atoms with E-state index in [0.717, 1.165) is 4.90 Å². The van der Waals surface area contributed by atoms with E-state index in [-0.39, 0.29) is 25.8 Å². The van der Waals surface area contributed by atoms with Crippen LogP contribution < -0.4 is 22.1 Å². The lowest BCUT2D eigenvalue weighted by molar-refractivity contribution is -0.150. The standard InChI is InChI=1S/C18H29N5O9/c1-8(24)14(20)16(29)22-10(7-13(26)27)15(28)21-9(4-5-12(19)25)17(30)23-6-2-3-11(23)18(31)32/h8-11,14,24H,2-7,20H2,1H3,(H2,19,25)(H,21,28)(H,22,29)(H,26,27)(H,31,32). The normalized spacial score (nSPS) is 19.3. The summed E-state index contributed by atoms with van der Waals surface area (Å²) in [6.07, 6.45) is -2.07. The number of carbonyl (C=O) groups is 6. The molecule has 5 unspecified atom stereocenters. The van der Waals surface area contributed by atoms with Crippen LogP contribution in [0.3, 0.4) is 0 Å². The molecule has 0 saturated carbocycles. The van der Waals surface area contributed by atoms with Gasteiger partial charge >= 0.3 is 11.9 Å². The van der Waals surface area contributed by atoms with Crippen molar-refractivity contribution in [3.63, 3.8) is 0 Å². The highest BCUT2D eigenvalue weighted by Gasteiger charge is 2.38. The molecule has 0 aromatic rings.